The molecule has 2 N–H and O–H groups in total. The van der Waals surface area contributed by atoms with E-state index < -0.39 is 0 Å². The number of anilines is 1. The van der Waals surface area contributed by atoms with Gasteiger partial charge in [0.25, 0.3) is 0 Å². The van der Waals surface area contributed by atoms with Crippen LogP contribution in [0.1, 0.15) is 38.7 Å². The van der Waals surface area contributed by atoms with Crippen molar-refractivity contribution in [3.63, 3.8) is 0 Å². The van der Waals surface area contributed by atoms with Crippen molar-refractivity contribution in [2.24, 2.45) is 5.92 Å². The Morgan fingerprint density at radius 1 is 1.28 bits per heavy atom. The standard InChI is InChI=1S/C19H27N3O3/c1-13(2)11-18(23)22-8-5-15(6-9-22)20-19(24)21-16-3-4-17-14(12-16)7-10-25-17/h3-4,12-13,15H,5-11H2,1-2H3,(H2,20,21,24). The van der Waals surface area contributed by atoms with Crippen LogP contribution in [0.4, 0.5) is 10.5 Å². The van der Waals surface area contributed by atoms with Gasteiger partial charge in [0.2, 0.25) is 5.91 Å². The third kappa shape index (κ3) is 4.65. The molecule has 2 aliphatic heterocycles. The van der Waals surface area contributed by atoms with Crippen molar-refractivity contribution in [2.75, 3.05) is 25.0 Å². The fraction of sp³-hybridized carbons (Fsp3) is 0.579. The summed E-state index contributed by atoms with van der Waals surface area (Å²) in [7, 11) is 0. The lowest BCUT2D eigenvalue weighted by Crippen LogP contribution is -2.47. The fourth-order valence-corrected chi connectivity index (χ4v) is 3.37. The summed E-state index contributed by atoms with van der Waals surface area (Å²) in [5, 5.41) is 5.91. The number of carbonyl (C=O) groups excluding carboxylic acids is 2. The number of piperidine rings is 1. The number of amides is 3. The van der Waals surface area contributed by atoms with Crippen molar-refractivity contribution >= 4 is 17.6 Å². The first kappa shape index (κ1) is 17.6. The highest BCUT2D eigenvalue weighted by atomic mass is 16.5. The van der Waals surface area contributed by atoms with Crippen LogP contribution < -0.4 is 15.4 Å². The van der Waals surface area contributed by atoms with Crippen LogP contribution in [-0.2, 0) is 11.2 Å². The Morgan fingerprint density at radius 3 is 2.76 bits per heavy atom. The van der Waals surface area contributed by atoms with Crippen molar-refractivity contribution in [1.29, 1.82) is 0 Å². The van der Waals surface area contributed by atoms with Crippen LogP contribution in [0.2, 0.25) is 0 Å². The molecule has 6 heteroatoms. The van der Waals surface area contributed by atoms with Crippen LogP contribution >= 0.6 is 0 Å². The number of carbonyl (C=O) groups is 2. The van der Waals surface area contributed by atoms with E-state index in [0.717, 1.165) is 36.3 Å². The van der Waals surface area contributed by atoms with Gasteiger partial charge in [-0.1, -0.05) is 13.8 Å². The molecule has 2 heterocycles. The molecule has 3 rings (SSSR count). The Labute approximate surface area is 148 Å². The third-order valence-corrected chi connectivity index (χ3v) is 4.71. The second-order valence-electron chi connectivity index (χ2n) is 7.27. The predicted octanol–water partition coefficient (Wildman–Crippen LogP) is 2.78. The maximum absolute atomic E-state index is 12.2. The van der Waals surface area contributed by atoms with Crippen LogP contribution in [0.15, 0.2) is 18.2 Å². The molecule has 1 saturated heterocycles. The Kier molecular flexibility index (Phi) is 5.46. The maximum atomic E-state index is 12.2. The van der Waals surface area contributed by atoms with E-state index in [1.54, 1.807) is 0 Å². The zero-order valence-electron chi connectivity index (χ0n) is 15.0. The van der Waals surface area contributed by atoms with Gasteiger partial charge in [-0.3, -0.25) is 4.79 Å². The summed E-state index contributed by atoms with van der Waals surface area (Å²) in [6.45, 7) is 6.25. The minimum absolute atomic E-state index is 0.112. The Bertz CT molecular complexity index is 637. The highest BCUT2D eigenvalue weighted by Crippen LogP contribution is 2.27. The Hall–Kier alpha value is -2.24. The molecule has 0 bridgehead atoms. The number of nitrogens with one attached hydrogen (secondary N) is 2. The average Bonchev–Trinajstić information content (AvgIpc) is 3.02. The number of nitrogens with zero attached hydrogens (tertiary/aromatic N) is 1. The molecule has 0 unspecified atom stereocenters. The number of likely N-dealkylation sites (tertiary alicyclic amines) is 1. The van der Waals surface area contributed by atoms with Gasteiger partial charge in [0.1, 0.15) is 5.75 Å². The van der Waals surface area contributed by atoms with E-state index in [0.29, 0.717) is 32.0 Å². The first-order valence-corrected chi connectivity index (χ1v) is 9.12. The molecule has 0 saturated carbocycles. The lowest BCUT2D eigenvalue weighted by Gasteiger charge is -2.32. The lowest BCUT2D eigenvalue weighted by atomic mass is 10.0. The number of hydrogen-bond acceptors (Lipinski definition) is 3. The summed E-state index contributed by atoms with van der Waals surface area (Å²) < 4.78 is 5.47. The molecule has 2 aliphatic rings. The number of hydrogen-bond donors (Lipinski definition) is 2. The molecule has 0 radical (unpaired) electrons. The van der Waals surface area contributed by atoms with Gasteiger partial charge in [-0.2, -0.15) is 0 Å². The molecule has 0 aromatic heterocycles. The summed E-state index contributed by atoms with van der Waals surface area (Å²) in [6.07, 6.45) is 3.08. The number of rotatable bonds is 4. The van der Waals surface area contributed by atoms with Gasteiger partial charge in [-0.15, -0.1) is 0 Å². The Morgan fingerprint density at radius 2 is 2.04 bits per heavy atom. The minimum Gasteiger partial charge on any atom is -0.493 e. The molecule has 0 aliphatic carbocycles. The molecular weight excluding hydrogens is 318 g/mol. The van der Waals surface area contributed by atoms with Crippen LogP contribution in [0.25, 0.3) is 0 Å². The van der Waals surface area contributed by atoms with Crippen LogP contribution in [-0.4, -0.2) is 42.6 Å². The van der Waals surface area contributed by atoms with E-state index >= 15 is 0 Å². The largest absolute Gasteiger partial charge is 0.493 e. The highest BCUT2D eigenvalue weighted by Gasteiger charge is 2.24. The second kappa shape index (κ2) is 7.76. The van der Waals surface area contributed by atoms with Crippen LogP contribution in [0, 0.1) is 5.92 Å². The van der Waals surface area contributed by atoms with Crippen molar-refractivity contribution in [3.8, 4) is 5.75 Å². The maximum Gasteiger partial charge on any atom is 0.319 e. The fourth-order valence-electron chi connectivity index (χ4n) is 3.37. The van der Waals surface area contributed by atoms with Crippen molar-refractivity contribution in [1.82, 2.24) is 10.2 Å². The lowest BCUT2D eigenvalue weighted by molar-refractivity contribution is -0.133. The van der Waals surface area contributed by atoms with Crippen molar-refractivity contribution in [2.45, 2.75) is 45.6 Å². The van der Waals surface area contributed by atoms with Gasteiger partial charge in [0.15, 0.2) is 0 Å². The topological polar surface area (TPSA) is 70.7 Å². The number of ether oxygens (including phenoxy) is 1. The zero-order valence-corrected chi connectivity index (χ0v) is 15.0. The molecule has 25 heavy (non-hydrogen) atoms. The summed E-state index contributed by atoms with van der Waals surface area (Å²) >= 11 is 0. The second-order valence-corrected chi connectivity index (χ2v) is 7.27. The monoisotopic (exact) mass is 345 g/mol. The minimum atomic E-state index is -0.189. The van der Waals surface area contributed by atoms with Crippen molar-refractivity contribution < 1.29 is 14.3 Å². The Balaban J connectivity index is 1.44. The van der Waals surface area contributed by atoms with Gasteiger partial charge in [-0.25, -0.2) is 4.79 Å². The number of fused-ring (bicyclic) bond motifs is 1. The van der Waals surface area contributed by atoms with Gasteiger partial charge in [0.05, 0.1) is 6.61 Å². The zero-order chi connectivity index (χ0) is 17.8. The van der Waals surface area contributed by atoms with E-state index in [9.17, 15) is 9.59 Å². The van der Waals surface area contributed by atoms with E-state index in [1.165, 1.54) is 0 Å². The van der Waals surface area contributed by atoms with Crippen molar-refractivity contribution in [3.05, 3.63) is 23.8 Å². The van der Waals surface area contributed by atoms with Gasteiger partial charge in [-0.05, 0) is 42.5 Å². The normalized spacial score (nSPS) is 17.2. The van der Waals surface area contributed by atoms with E-state index in [4.69, 9.17) is 4.74 Å². The first-order chi connectivity index (χ1) is 12.0. The van der Waals surface area contributed by atoms with Crippen LogP contribution in [0.3, 0.4) is 0 Å². The molecule has 6 nitrogen and oxygen atoms in total. The molecule has 0 atom stereocenters. The summed E-state index contributed by atoms with van der Waals surface area (Å²) in [6, 6.07) is 5.65. The molecule has 1 fully saturated rings. The predicted molar refractivity (Wildman–Crippen MR) is 96.9 cm³/mol. The molecule has 0 spiro atoms. The SMILES string of the molecule is CC(C)CC(=O)N1CCC(NC(=O)Nc2ccc3c(c2)CCO3)CC1. The van der Waals surface area contributed by atoms with Gasteiger partial charge >= 0.3 is 6.03 Å². The number of urea groups is 1. The molecule has 136 valence electrons. The first-order valence-electron chi connectivity index (χ1n) is 9.12. The van der Waals surface area contributed by atoms with E-state index in [1.807, 2.05) is 23.1 Å². The smallest absolute Gasteiger partial charge is 0.319 e. The van der Waals surface area contributed by atoms with Crippen LogP contribution in [0.5, 0.6) is 5.75 Å². The molecule has 3 amide bonds. The summed E-state index contributed by atoms with van der Waals surface area (Å²) in [5.41, 5.74) is 1.92. The van der Waals surface area contributed by atoms with E-state index in [2.05, 4.69) is 24.5 Å². The number of benzene rings is 1. The summed E-state index contributed by atoms with van der Waals surface area (Å²) in [5.74, 6) is 1.51. The third-order valence-electron chi connectivity index (χ3n) is 4.71. The van der Waals surface area contributed by atoms with Gasteiger partial charge < -0.3 is 20.3 Å². The summed E-state index contributed by atoms with van der Waals surface area (Å²) in [4.78, 5) is 26.2. The van der Waals surface area contributed by atoms with E-state index in [-0.39, 0.29) is 18.0 Å². The van der Waals surface area contributed by atoms with Gasteiger partial charge in [0, 0.05) is 37.7 Å². The quantitative estimate of drug-likeness (QED) is 0.881. The highest BCUT2D eigenvalue weighted by molar-refractivity contribution is 5.89. The average molecular weight is 345 g/mol. The molecule has 1 aromatic rings. The molecular formula is C19H27N3O3. The molecule has 1 aromatic carbocycles.